The summed E-state index contributed by atoms with van der Waals surface area (Å²) in [5.41, 5.74) is 3.38. The van der Waals surface area contributed by atoms with Gasteiger partial charge in [-0.2, -0.15) is 0 Å². The van der Waals surface area contributed by atoms with E-state index in [0.717, 1.165) is 18.7 Å². The van der Waals surface area contributed by atoms with Crippen LogP contribution in [0.4, 0.5) is 0 Å². The van der Waals surface area contributed by atoms with E-state index in [1.807, 2.05) is 0 Å². The van der Waals surface area contributed by atoms with Gasteiger partial charge in [-0.1, -0.05) is 32.5 Å². The van der Waals surface area contributed by atoms with Gasteiger partial charge in [-0.3, -0.25) is 0 Å². The molecule has 0 aliphatic rings. The average molecular weight is 217 g/mol. The molecule has 0 heterocycles. The molecule has 0 fully saturated rings. The molecular weight excluding hydrogens is 196 g/mol. The number of rotatable bonds is 5. The minimum atomic E-state index is -1.11. The molecule has 0 aromatic carbocycles. The standard InChI is InChI=1S/C11H21ClSi/c1-13(2,3)11-9-7-5-4-6-8-10-12/h4-8,10H2,1-3H3. The van der Waals surface area contributed by atoms with Gasteiger partial charge >= 0.3 is 0 Å². The van der Waals surface area contributed by atoms with Crippen LogP contribution in [0.5, 0.6) is 0 Å². The van der Waals surface area contributed by atoms with Gasteiger partial charge < -0.3 is 0 Å². The van der Waals surface area contributed by atoms with E-state index in [4.69, 9.17) is 11.6 Å². The SMILES string of the molecule is C[Si](C)(C)C#CCCCCCCCl. The normalized spacial score (nSPS) is 10.8. The van der Waals surface area contributed by atoms with Crippen molar-refractivity contribution in [1.29, 1.82) is 0 Å². The van der Waals surface area contributed by atoms with E-state index in [1.165, 1.54) is 19.3 Å². The maximum absolute atomic E-state index is 5.58. The Bertz CT molecular complexity index is 171. The Morgan fingerprint density at radius 2 is 1.62 bits per heavy atom. The molecule has 2 heteroatoms. The zero-order valence-electron chi connectivity index (χ0n) is 9.12. The van der Waals surface area contributed by atoms with Gasteiger partial charge in [0.15, 0.2) is 0 Å². The van der Waals surface area contributed by atoms with Gasteiger partial charge in [-0.05, 0) is 12.8 Å². The maximum Gasteiger partial charge on any atom is 0.129 e. The van der Waals surface area contributed by atoms with Crippen molar-refractivity contribution in [2.75, 3.05) is 5.88 Å². The van der Waals surface area contributed by atoms with Crippen LogP contribution in [0.2, 0.25) is 19.6 Å². The van der Waals surface area contributed by atoms with Crippen molar-refractivity contribution in [2.24, 2.45) is 0 Å². The lowest BCUT2D eigenvalue weighted by atomic mass is 10.2. The quantitative estimate of drug-likeness (QED) is 0.282. The number of hydrogen-bond donors (Lipinski definition) is 0. The second kappa shape index (κ2) is 7.47. The Kier molecular flexibility index (Phi) is 7.51. The highest BCUT2D eigenvalue weighted by Crippen LogP contribution is 2.03. The van der Waals surface area contributed by atoms with E-state index in [9.17, 15) is 0 Å². The van der Waals surface area contributed by atoms with Gasteiger partial charge in [0.1, 0.15) is 8.07 Å². The first-order chi connectivity index (χ1) is 6.06. The predicted octanol–water partition coefficient (Wildman–Crippen LogP) is 4.06. The topological polar surface area (TPSA) is 0 Å². The molecule has 0 bridgehead atoms. The van der Waals surface area contributed by atoms with E-state index < -0.39 is 8.07 Å². The zero-order valence-corrected chi connectivity index (χ0v) is 10.9. The average Bonchev–Trinajstić information content (AvgIpc) is 2.01. The van der Waals surface area contributed by atoms with Crippen LogP contribution in [-0.4, -0.2) is 14.0 Å². The summed E-state index contributed by atoms with van der Waals surface area (Å²) >= 11 is 5.58. The highest BCUT2D eigenvalue weighted by molar-refractivity contribution is 6.83. The van der Waals surface area contributed by atoms with Gasteiger partial charge in [0.05, 0.1) is 0 Å². The largest absolute Gasteiger partial charge is 0.132 e. The summed E-state index contributed by atoms with van der Waals surface area (Å²) in [4.78, 5) is 0. The molecule has 0 nitrogen and oxygen atoms in total. The van der Waals surface area contributed by atoms with Crippen molar-refractivity contribution < 1.29 is 0 Å². The fourth-order valence-electron chi connectivity index (χ4n) is 0.989. The monoisotopic (exact) mass is 216 g/mol. The summed E-state index contributed by atoms with van der Waals surface area (Å²) in [7, 11) is -1.11. The Hall–Kier alpha value is 0.0669. The van der Waals surface area contributed by atoms with Crippen LogP contribution < -0.4 is 0 Å². The molecule has 0 aliphatic heterocycles. The van der Waals surface area contributed by atoms with Crippen LogP contribution in [-0.2, 0) is 0 Å². The molecule has 0 N–H and O–H groups in total. The summed E-state index contributed by atoms with van der Waals surface area (Å²) in [6.07, 6.45) is 6.02. The Labute approximate surface area is 89.1 Å². The molecule has 0 atom stereocenters. The summed E-state index contributed by atoms with van der Waals surface area (Å²) in [5.74, 6) is 4.09. The Balaban J connectivity index is 3.28. The smallest absolute Gasteiger partial charge is 0.129 e. The molecule has 0 rings (SSSR count). The number of halogens is 1. The van der Waals surface area contributed by atoms with Crippen LogP contribution in [0.3, 0.4) is 0 Å². The minimum Gasteiger partial charge on any atom is -0.132 e. The van der Waals surface area contributed by atoms with Gasteiger partial charge in [0.25, 0.3) is 0 Å². The fourth-order valence-corrected chi connectivity index (χ4v) is 1.83. The molecule has 0 saturated carbocycles. The molecule has 0 saturated heterocycles. The lowest BCUT2D eigenvalue weighted by Gasteiger charge is -2.03. The van der Waals surface area contributed by atoms with Crippen molar-refractivity contribution in [2.45, 2.75) is 51.7 Å². The van der Waals surface area contributed by atoms with Crippen LogP contribution in [0, 0.1) is 11.5 Å². The van der Waals surface area contributed by atoms with Gasteiger partial charge in [-0.15, -0.1) is 23.1 Å². The van der Waals surface area contributed by atoms with Crippen molar-refractivity contribution in [1.82, 2.24) is 0 Å². The first-order valence-electron chi connectivity index (χ1n) is 5.12. The first-order valence-corrected chi connectivity index (χ1v) is 9.16. The molecular formula is C11H21ClSi. The Morgan fingerprint density at radius 3 is 2.15 bits per heavy atom. The predicted molar refractivity (Wildman–Crippen MR) is 64.9 cm³/mol. The van der Waals surface area contributed by atoms with Gasteiger partial charge in [0, 0.05) is 12.3 Å². The van der Waals surface area contributed by atoms with Crippen molar-refractivity contribution >= 4 is 19.7 Å². The minimum absolute atomic E-state index is 0.806. The van der Waals surface area contributed by atoms with Gasteiger partial charge in [-0.25, -0.2) is 0 Å². The van der Waals surface area contributed by atoms with Crippen LogP contribution in [0.1, 0.15) is 32.1 Å². The lowest BCUT2D eigenvalue weighted by Crippen LogP contribution is -2.16. The van der Waals surface area contributed by atoms with E-state index in [1.54, 1.807) is 0 Å². The third kappa shape index (κ3) is 12.1. The first kappa shape index (κ1) is 13.1. The molecule has 0 unspecified atom stereocenters. The summed E-state index contributed by atoms with van der Waals surface area (Å²) in [6.45, 7) is 6.86. The molecule has 0 spiro atoms. The molecule has 0 aliphatic carbocycles. The number of alkyl halides is 1. The summed E-state index contributed by atoms with van der Waals surface area (Å²) in [6, 6.07) is 0. The van der Waals surface area contributed by atoms with E-state index in [-0.39, 0.29) is 0 Å². The molecule has 0 aromatic heterocycles. The number of unbranched alkanes of at least 4 members (excludes halogenated alkanes) is 4. The van der Waals surface area contributed by atoms with E-state index in [2.05, 4.69) is 31.1 Å². The highest BCUT2D eigenvalue weighted by atomic mass is 35.5. The lowest BCUT2D eigenvalue weighted by molar-refractivity contribution is 0.682. The highest BCUT2D eigenvalue weighted by Gasteiger charge is 2.06. The zero-order chi connectivity index (χ0) is 10.2. The maximum atomic E-state index is 5.58. The molecule has 0 radical (unpaired) electrons. The number of hydrogen-bond acceptors (Lipinski definition) is 0. The fraction of sp³-hybridized carbons (Fsp3) is 0.818. The van der Waals surface area contributed by atoms with E-state index in [0.29, 0.717) is 0 Å². The van der Waals surface area contributed by atoms with Crippen molar-refractivity contribution in [3.05, 3.63) is 0 Å². The Morgan fingerprint density at radius 1 is 1.00 bits per heavy atom. The van der Waals surface area contributed by atoms with Crippen molar-refractivity contribution in [3.8, 4) is 11.5 Å². The van der Waals surface area contributed by atoms with Crippen molar-refractivity contribution in [3.63, 3.8) is 0 Å². The molecule has 76 valence electrons. The van der Waals surface area contributed by atoms with Crippen LogP contribution in [0.25, 0.3) is 0 Å². The molecule has 13 heavy (non-hydrogen) atoms. The van der Waals surface area contributed by atoms with Gasteiger partial charge in [0.2, 0.25) is 0 Å². The second-order valence-electron chi connectivity index (χ2n) is 4.40. The molecule has 0 amide bonds. The third-order valence-electron chi connectivity index (χ3n) is 1.65. The van der Waals surface area contributed by atoms with E-state index >= 15 is 0 Å². The van der Waals surface area contributed by atoms with Crippen LogP contribution >= 0.6 is 11.6 Å². The summed E-state index contributed by atoms with van der Waals surface area (Å²) < 4.78 is 0. The molecule has 0 aromatic rings. The van der Waals surface area contributed by atoms with Crippen LogP contribution in [0.15, 0.2) is 0 Å². The second-order valence-corrected chi connectivity index (χ2v) is 9.53. The summed E-state index contributed by atoms with van der Waals surface area (Å²) in [5, 5.41) is 0. The third-order valence-corrected chi connectivity index (χ3v) is 2.84.